The smallest absolute Gasteiger partial charge is 0.264 e. The minimum Gasteiger partial charge on any atom is -0.311 e. The molecule has 0 saturated heterocycles. The van der Waals surface area contributed by atoms with Crippen molar-refractivity contribution in [2.24, 2.45) is 0 Å². The second-order valence-corrected chi connectivity index (χ2v) is 28.4. The molecule has 2 aliphatic heterocycles. The molecule has 18 rings (SSSR count). The van der Waals surface area contributed by atoms with E-state index in [4.69, 9.17) is 0 Å². The van der Waals surface area contributed by atoms with Crippen molar-refractivity contribution in [1.82, 2.24) is 4.57 Å². The van der Waals surface area contributed by atoms with Crippen LogP contribution in [0.2, 0.25) is 0 Å². The van der Waals surface area contributed by atoms with Gasteiger partial charge in [0, 0.05) is 53.9 Å². The number of hydrogen-bond donors (Lipinski definition) is 0. The molecule has 0 fully saturated rings. The van der Waals surface area contributed by atoms with E-state index < -0.39 is 0 Å². The minimum atomic E-state index is -0.139. The van der Waals surface area contributed by atoms with Gasteiger partial charge in [0.15, 0.2) is 0 Å². The average Bonchev–Trinajstić information content (AvgIpc) is 1.68. The van der Waals surface area contributed by atoms with Crippen LogP contribution in [0.25, 0.3) is 114 Å². The first-order valence-corrected chi connectivity index (χ1v) is 32.8. The Morgan fingerprint density at radius 2 is 0.835 bits per heavy atom. The van der Waals surface area contributed by atoms with Crippen LogP contribution in [0.5, 0.6) is 0 Å². The van der Waals surface area contributed by atoms with E-state index in [0.717, 1.165) is 17.1 Å². The van der Waals surface area contributed by atoms with Gasteiger partial charge in [0.25, 0.3) is 6.71 Å². The molecule has 0 aliphatic carbocycles. The van der Waals surface area contributed by atoms with Gasteiger partial charge in [-0.05, 0) is 183 Å². The van der Waals surface area contributed by atoms with Crippen LogP contribution in [-0.4, -0.2) is 11.3 Å². The number of para-hydroxylation sites is 2. The van der Waals surface area contributed by atoms with Crippen LogP contribution in [0.1, 0.15) is 52.7 Å². The standard InChI is InChI=1S/C86H64BN3S/c1-85(2,3)64-38-41-66(42-39-64)89-77-51-67(88-73-26-15-13-24-68(73)69-25-14-16-27-74(69)88)52-78-82(77)87(84-83(89)71-48-59(37-45-79(71)91-84)54-20-11-8-12-21-54)72-49-60(56-30-28-55(29-31-56)53-18-9-7-10-19-53)36-43-76(72)90(78)75-44-40-65(86(4,5)6)50-70(75)63-46-61-34-32-57-22-17-23-58-33-35-62(47-63)81(61)80(57)58/h7-52H,1-6H3. The first-order chi connectivity index (χ1) is 44.4. The van der Waals surface area contributed by atoms with E-state index >= 15 is 0 Å². The van der Waals surface area contributed by atoms with Crippen molar-refractivity contribution in [2.45, 2.75) is 52.4 Å². The molecule has 14 aromatic carbocycles. The summed E-state index contributed by atoms with van der Waals surface area (Å²) in [6.07, 6.45) is 0. The Hall–Kier alpha value is -10.5. The molecule has 2 aromatic heterocycles. The highest BCUT2D eigenvalue weighted by Gasteiger charge is 2.46. The summed E-state index contributed by atoms with van der Waals surface area (Å²) in [5, 5.41) is 11.4. The van der Waals surface area contributed by atoms with Crippen LogP contribution >= 0.6 is 11.3 Å². The summed E-state index contributed by atoms with van der Waals surface area (Å²) in [4.78, 5) is 5.32. The average molecular weight is 1180 g/mol. The zero-order valence-corrected chi connectivity index (χ0v) is 52.7. The molecule has 432 valence electrons. The van der Waals surface area contributed by atoms with E-state index in [1.807, 2.05) is 11.3 Å². The number of anilines is 6. The van der Waals surface area contributed by atoms with Gasteiger partial charge in [0.05, 0.1) is 28.1 Å². The van der Waals surface area contributed by atoms with Crippen LogP contribution < -0.4 is 25.5 Å². The zero-order chi connectivity index (χ0) is 61.0. The number of thiophene rings is 1. The third kappa shape index (κ3) is 8.41. The van der Waals surface area contributed by atoms with E-state index in [-0.39, 0.29) is 17.5 Å². The summed E-state index contributed by atoms with van der Waals surface area (Å²) in [6.45, 7) is 13.9. The first kappa shape index (κ1) is 53.6. The summed E-state index contributed by atoms with van der Waals surface area (Å²) in [7, 11) is 0. The molecule has 0 spiro atoms. The molecule has 16 aromatic rings. The van der Waals surface area contributed by atoms with Crippen molar-refractivity contribution in [3.05, 3.63) is 290 Å². The van der Waals surface area contributed by atoms with Gasteiger partial charge in [-0.2, -0.15) is 0 Å². The first-order valence-electron chi connectivity index (χ1n) is 32.0. The highest BCUT2D eigenvalue weighted by Crippen LogP contribution is 2.53. The van der Waals surface area contributed by atoms with Crippen molar-refractivity contribution in [2.75, 3.05) is 9.80 Å². The third-order valence-corrected chi connectivity index (χ3v) is 21.0. The van der Waals surface area contributed by atoms with Gasteiger partial charge >= 0.3 is 0 Å². The normalized spacial score (nSPS) is 13.1. The van der Waals surface area contributed by atoms with Crippen LogP contribution in [0, 0.1) is 0 Å². The molecule has 0 radical (unpaired) electrons. The Bertz CT molecular complexity index is 5490. The summed E-state index contributed by atoms with van der Waals surface area (Å²) in [5.74, 6) is 0. The molecule has 0 atom stereocenters. The van der Waals surface area contributed by atoms with Crippen LogP contribution in [-0.2, 0) is 10.8 Å². The monoisotopic (exact) mass is 1180 g/mol. The molecule has 5 heteroatoms. The maximum absolute atomic E-state index is 2.67. The fraction of sp³-hybridized carbons (Fsp3) is 0.0930. The predicted octanol–water partition coefficient (Wildman–Crippen LogP) is 22.2. The van der Waals surface area contributed by atoms with Crippen molar-refractivity contribution < 1.29 is 0 Å². The van der Waals surface area contributed by atoms with Gasteiger partial charge in [0.1, 0.15) is 0 Å². The molecule has 3 nitrogen and oxygen atoms in total. The third-order valence-electron chi connectivity index (χ3n) is 19.8. The number of nitrogens with zero attached hydrogens (tertiary/aromatic N) is 3. The van der Waals surface area contributed by atoms with E-state index in [0.29, 0.717) is 0 Å². The Balaban J connectivity index is 0.974. The number of benzene rings is 14. The zero-order valence-electron chi connectivity index (χ0n) is 51.9. The molecule has 0 amide bonds. The second kappa shape index (κ2) is 20.0. The van der Waals surface area contributed by atoms with Crippen molar-refractivity contribution in [3.8, 4) is 50.2 Å². The SMILES string of the molecule is CC(C)(C)c1ccc(N2c3cc(-n4c5ccccc5c5ccccc54)cc4c3B(c3cc(-c5ccc(-c6ccccc6)cc5)ccc3N4c3ccc(C(C)(C)C)cc3-c3cc4ccc5cccc6ccc(c3)c4c56)c3sc4ccc(-c5ccccc5)cc4c32)cc1. The van der Waals surface area contributed by atoms with E-state index in [1.165, 1.54) is 158 Å². The predicted molar refractivity (Wildman–Crippen MR) is 393 cm³/mol. The van der Waals surface area contributed by atoms with E-state index in [9.17, 15) is 0 Å². The summed E-state index contributed by atoms with van der Waals surface area (Å²) < 4.78 is 5.14. The molecular weight excluding hydrogens is 1120 g/mol. The minimum absolute atomic E-state index is 0.0359. The van der Waals surface area contributed by atoms with Crippen LogP contribution in [0.3, 0.4) is 0 Å². The topological polar surface area (TPSA) is 11.4 Å². The Morgan fingerprint density at radius 1 is 0.330 bits per heavy atom. The quantitative estimate of drug-likeness (QED) is 0.116. The molecule has 4 heterocycles. The Labute approximate surface area is 535 Å². The van der Waals surface area contributed by atoms with Crippen LogP contribution in [0.15, 0.2) is 279 Å². The maximum Gasteiger partial charge on any atom is 0.264 e. The molecule has 0 bridgehead atoms. The largest absolute Gasteiger partial charge is 0.311 e. The van der Waals surface area contributed by atoms with Crippen molar-refractivity contribution in [3.63, 3.8) is 0 Å². The molecule has 91 heavy (non-hydrogen) atoms. The summed E-state index contributed by atoms with van der Waals surface area (Å²) in [6, 6.07) is 106. The Kier molecular flexibility index (Phi) is 11.8. The lowest BCUT2D eigenvalue weighted by Gasteiger charge is -2.44. The molecule has 2 aliphatic rings. The number of rotatable bonds is 7. The van der Waals surface area contributed by atoms with Crippen LogP contribution in [0.4, 0.5) is 34.1 Å². The molecule has 0 N–H and O–H groups in total. The maximum atomic E-state index is 2.67. The second-order valence-electron chi connectivity index (χ2n) is 27.3. The lowest BCUT2D eigenvalue weighted by atomic mass is 9.36. The fourth-order valence-electron chi connectivity index (χ4n) is 15.3. The summed E-state index contributed by atoms with van der Waals surface area (Å²) in [5.41, 5.74) is 25.1. The number of aromatic nitrogens is 1. The number of fused-ring (bicyclic) bond motifs is 9. The van der Waals surface area contributed by atoms with Gasteiger partial charge in [-0.15, -0.1) is 11.3 Å². The van der Waals surface area contributed by atoms with Crippen molar-refractivity contribution >= 4 is 132 Å². The Morgan fingerprint density at radius 3 is 1.47 bits per heavy atom. The number of hydrogen-bond acceptors (Lipinski definition) is 3. The van der Waals surface area contributed by atoms with E-state index in [2.05, 4.69) is 335 Å². The summed E-state index contributed by atoms with van der Waals surface area (Å²) >= 11 is 1.96. The molecule has 0 unspecified atom stereocenters. The highest BCUT2D eigenvalue weighted by atomic mass is 32.1. The molecular formula is C86H64BN3S. The van der Waals surface area contributed by atoms with Gasteiger partial charge in [-0.1, -0.05) is 242 Å². The van der Waals surface area contributed by atoms with E-state index in [1.54, 1.807) is 0 Å². The van der Waals surface area contributed by atoms with Crippen molar-refractivity contribution in [1.29, 1.82) is 0 Å². The lowest BCUT2D eigenvalue weighted by Crippen LogP contribution is -2.60. The fourth-order valence-corrected chi connectivity index (χ4v) is 16.6. The van der Waals surface area contributed by atoms with Gasteiger partial charge in [-0.3, -0.25) is 0 Å². The molecule has 0 saturated carbocycles. The lowest BCUT2D eigenvalue weighted by molar-refractivity contribution is 0.590. The van der Waals surface area contributed by atoms with Gasteiger partial charge in [0.2, 0.25) is 0 Å². The van der Waals surface area contributed by atoms with Gasteiger partial charge < -0.3 is 14.4 Å². The highest BCUT2D eigenvalue weighted by molar-refractivity contribution is 7.33. The van der Waals surface area contributed by atoms with Gasteiger partial charge in [-0.25, -0.2) is 0 Å².